The Bertz CT molecular complexity index is 709. The molecular formula is C8H12N6O6S. The van der Waals surface area contributed by atoms with Gasteiger partial charge in [0.05, 0.1) is 0 Å². The minimum Gasteiger partial charge on any atom is -0.369 e. The molecule has 0 atom stereocenters. The average Bonchev–Trinajstić information content (AvgIpc) is 2.26. The molecule has 0 bridgehead atoms. The van der Waals surface area contributed by atoms with Crippen LogP contribution in [0.5, 0.6) is 0 Å². The predicted molar refractivity (Wildman–Crippen MR) is 72.7 cm³/mol. The number of anilines is 2. The van der Waals surface area contributed by atoms with Gasteiger partial charge in [-0.1, -0.05) is 0 Å². The molecule has 13 heteroatoms. The molecule has 21 heavy (non-hydrogen) atoms. The molecule has 116 valence electrons. The highest BCUT2D eigenvalue weighted by Gasteiger charge is 1.84. The molecule has 0 saturated heterocycles. The normalized spacial score (nSPS) is 9.62. The number of nitrogen functional groups attached to an aromatic ring is 2. The van der Waals surface area contributed by atoms with E-state index in [1.165, 1.54) is 24.5 Å². The maximum atomic E-state index is 10.3. The third-order valence-electron chi connectivity index (χ3n) is 1.38. The summed E-state index contributed by atoms with van der Waals surface area (Å²) >= 11 is 0. The summed E-state index contributed by atoms with van der Waals surface area (Å²) in [5.74, 6) is 0.301. The molecule has 0 spiro atoms. The van der Waals surface area contributed by atoms with Crippen molar-refractivity contribution in [3.63, 3.8) is 0 Å². The summed E-state index contributed by atoms with van der Waals surface area (Å²) in [5.41, 5.74) is 9.73. The Hall–Kier alpha value is -2.77. The lowest BCUT2D eigenvalue weighted by molar-refractivity contribution is 0.381. The second-order valence-corrected chi connectivity index (χ2v) is 3.98. The Morgan fingerprint density at radius 3 is 1.33 bits per heavy atom. The number of nitrogens with one attached hydrogen (secondary N) is 2. The first-order valence-electron chi connectivity index (χ1n) is 4.89. The van der Waals surface area contributed by atoms with Crippen molar-refractivity contribution in [2.45, 2.75) is 0 Å². The van der Waals surface area contributed by atoms with E-state index in [0.29, 0.717) is 0 Å². The standard InChI is InChI=1S/2C4H5N3O.H2O4S/c2*5-4-6-2-1-3(8)7-4;1-5(2,3)4/h2*1-2H,(H3,5,6,7,8);(H2,1,2,3,4). The maximum Gasteiger partial charge on any atom is 0.394 e. The molecule has 0 fully saturated rings. The second kappa shape index (κ2) is 8.41. The van der Waals surface area contributed by atoms with E-state index in [4.69, 9.17) is 29.0 Å². The lowest BCUT2D eigenvalue weighted by atomic mass is 10.7. The van der Waals surface area contributed by atoms with Gasteiger partial charge in [-0.15, -0.1) is 0 Å². The average molecular weight is 320 g/mol. The van der Waals surface area contributed by atoms with Gasteiger partial charge < -0.3 is 11.5 Å². The summed E-state index contributed by atoms with van der Waals surface area (Å²) in [6, 6.07) is 2.60. The molecule has 0 radical (unpaired) electrons. The van der Waals surface area contributed by atoms with Crippen LogP contribution in [0.25, 0.3) is 0 Å². The molecule has 0 aliphatic rings. The molecule has 2 aromatic heterocycles. The van der Waals surface area contributed by atoms with Crippen LogP contribution in [0, 0.1) is 0 Å². The third kappa shape index (κ3) is 13.5. The Morgan fingerprint density at radius 1 is 0.905 bits per heavy atom. The molecule has 0 aliphatic carbocycles. The summed E-state index contributed by atoms with van der Waals surface area (Å²) in [6.45, 7) is 0. The third-order valence-corrected chi connectivity index (χ3v) is 1.38. The number of nitrogens with two attached hydrogens (primary N) is 2. The minimum atomic E-state index is -4.67. The van der Waals surface area contributed by atoms with E-state index in [-0.39, 0.29) is 23.0 Å². The van der Waals surface area contributed by atoms with Crippen molar-refractivity contribution < 1.29 is 17.5 Å². The summed E-state index contributed by atoms with van der Waals surface area (Å²) in [7, 11) is -4.67. The first-order chi connectivity index (χ1) is 9.58. The summed E-state index contributed by atoms with van der Waals surface area (Å²) in [6.07, 6.45) is 2.71. The van der Waals surface area contributed by atoms with Crippen LogP contribution >= 0.6 is 0 Å². The van der Waals surface area contributed by atoms with E-state index in [0.717, 1.165) is 0 Å². The maximum absolute atomic E-state index is 10.3. The zero-order valence-corrected chi connectivity index (χ0v) is 11.1. The highest BCUT2D eigenvalue weighted by molar-refractivity contribution is 7.79. The first-order valence-corrected chi connectivity index (χ1v) is 6.29. The van der Waals surface area contributed by atoms with Crippen LogP contribution in [-0.4, -0.2) is 37.5 Å². The van der Waals surface area contributed by atoms with Gasteiger partial charge in [0.1, 0.15) is 0 Å². The van der Waals surface area contributed by atoms with Gasteiger partial charge in [0, 0.05) is 24.5 Å². The fraction of sp³-hybridized carbons (Fsp3) is 0. The second-order valence-electron chi connectivity index (χ2n) is 3.09. The number of nitrogens with zero attached hydrogens (tertiary/aromatic N) is 2. The molecule has 0 saturated carbocycles. The van der Waals surface area contributed by atoms with E-state index < -0.39 is 10.4 Å². The molecule has 0 unspecified atom stereocenters. The van der Waals surface area contributed by atoms with Crippen LogP contribution in [0.3, 0.4) is 0 Å². The number of aromatic amines is 2. The van der Waals surface area contributed by atoms with Crippen molar-refractivity contribution >= 4 is 22.3 Å². The first kappa shape index (κ1) is 18.2. The van der Waals surface area contributed by atoms with Gasteiger partial charge >= 0.3 is 10.4 Å². The Kier molecular flexibility index (Phi) is 7.30. The number of hydrogen-bond donors (Lipinski definition) is 6. The SMILES string of the molecule is Nc1nccc(=O)[nH]1.Nc1nccc(=O)[nH]1.O=S(=O)(O)O. The molecule has 0 aliphatic heterocycles. The highest BCUT2D eigenvalue weighted by Crippen LogP contribution is 1.77. The van der Waals surface area contributed by atoms with E-state index in [1.54, 1.807) is 0 Å². The van der Waals surface area contributed by atoms with Gasteiger partial charge in [-0.2, -0.15) is 8.42 Å². The molecule has 8 N–H and O–H groups in total. The molecule has 12 nitrogen and oxygen atoms in total. The van der Waals surface area contributed by atoms with Crippen LogP contribution in [0.1, 0.15) is 0 Å². The summed E-state index contributed by atoms with van der Waals surface area (Å²) < 4.78 is 31.6. The van der Waals surface area contributed by atoms with Crippen molar-refractivity contribution in [2.75, 3.05) is 11.5 Å². The van der Waals surface area contributed by atoms with E-state index in [1.807, 2.05) is 0 Å². The smallest absolute Gasteiger partial charge is 0.369 e. The highest BCUT2D eigenvalue weighted by atomic mass is 32.3. The number of H-pyrrole nitrogens is 2. The van der Waals surface area contributed by atoms with Gasteiger partial charge in [-0.05, 0) is 0 Å². The van der Waals surface area contributed by atoms with E-state index in [9.17, 15) is 9.59 Å². The van der Waals surface area contributed by atoms with Crippen molar-refractivity contribution in [3.05, 3.63) is 45.2 Å². The molecular weight excluding hydrogens is 308 g/mol. The molecule has 2 aromatic rings. The monoisotopic (exact) mass is 320 g/mol. The number of aromatic nitrogens is 4. The largest absolute Gasteiger partial charge is 0.394 e. The zero-order chi connectivity index (χ0) is 16.5. The van der Waals surface area contributed by atoms with Crippen LogP contribution in [0.4, 0.5) is 11.9 Å². The molecule has 2 rings (SSSR count). The van der Waals surface area contributed by atoms with Gasteiger partial charge in [0.15, 0.2) is 11.9 Å². The molecule has 0 aromatic carbocycles. The Balaban J connectivity index is 0.000000296. The zero-order valence-electron chi connectivity index (χ0n) is 10.3. The van der Waals surface area contributed by atoms with Crippen molar-refractivity contribution in [1.82, 2.24) is 19.9 Å². The van der Waals surface area contributed by atoms with Gasteiger partial charge in [-0.25, -0.2) is 9.97 Å². The van der Waals surface area contributed by atoms with Gasteiger partial charge in [0.2, 0.25) is 0 Å². The Morgan fingerprint density at radius 2 is 1.19 bits per heavy atom. The van der Waals surface area contributed by atoms with Crippen LogP contribution in [-0.2, 0) is 10.4 Å². The van der Waals surface area contributed by atoms with Crippen molar-refractivity contribution in [3.8, 4) is 0 Å². The van der Waals surface area contributed by atoms with Crippen molar-refractivity contribution in [1.29, 1.82) is 0 Å². The fourth-order valence-electron chi connectivity index (χ4n) is 0.771. The predicted octanol–water partition coefficient (Wildman–Crippen LogP) is -1.95. The van der Waals surface area contributed by atoms with E-state index >= 15 is 0 Å². The van der Waals surface area contributed by atoms with E-state index in [2.05, 4.69) is 19.9 Å². The van der Waals surface area contributed by atoms with Crippen molar-refractivity contribution in [2.24, 2.45) is 0 Å². The lowest BCUT2D eigenvalue weighted by Crippen LogP contribution is -2.07. The fourth-order valence-corrected chi connectivity index (χ4v) is 0.771. The summed E-state index contributed by atoms with van der Waals surface area (Å²) in [4.78, 5) is 32.3. The van der Waals surface area contributed by atoms with Crippen LogP contribution < -0.4 is 22.6 Å². The van der Waals surface area contributed by atoms with Gasteiger partial charge in [0.25, 0.3) is 11.1 Å². The summed E-state index contributed by atoms with van der Waals surface area (Å²) in [5, 5.41) is 0. The number of rotatable bonds is 0. The number of hydrogen-bond acceptors (Lipinski definition) is 8. The topological polar surface area (TPSA) is 218 Å². The van der Waals surface area contributed by atoms with Crippen LogP contribution in [0.2, 0.25) is 0 Å². The quantitative estimate of drug-likeness (QED) is 0.294. The molecule has 0 amide bonds. The van der Waals surface area contributed by atoms with Gasteiger partial charge in [-0.3, -0.25) is 28.7 Å². The Labute approximate surface area is 117 Å². The lowest BCUT2D eigenvalue weighted by Gasteiger charge is -1.84. The van der Waals surface area contributed by atoms with Crippen LogP contribution in [0.15, 0.2) is 34.1 Å². The minimum absolute atomic E-state index is 0.150. The molecule has 2 heterocycles.